The Kier molecular flexibility index (Phi) is 5.21. The van der Waals surface area contributed by atoms with Gasteiger partial charge in [0.25, 0.3) is 5.91 Å². The topological polar surface area (TPSA) is 89.2 Å². The molecule has 0 saturated heterocycles. The minimum Gasteiger partial charge on any atom is -0.327 e. The summed E-state index contributed by atoms with van der Waals surface area (Å²) in [7, 11) is 0. The van der Waals surface area contributed by atoms with Crippen LogP contribution in [0.1, 0.15) is 28.4 Å². The van der Waals surface area contributed by atoms with Crippen LogP contribution in [0, 0.1) is 0 Å². The molecule has 5 rings (SSSR count). The van der Waals surface area contributed by atoms with E-state index < -0.39 is 0 Å². The highest BCUT2D eigenvalue weighted by Crippen LogP contribution is 2.39. The third-order valence-electron chi connectivity index (χ3n) is 5.84. The van der Waals surface area contributed by atoms with Crippen LogP contribution in [0.2, 0.25) is 0 Å². The van der Waals surface area contributed by atoms with Crippen molar-refractivity contribution in [2.75, 3.05) is 10.6 Å². The van der Waals surface area contributed by atoms with Crippen molar-refractivity contribution in [3.8, 4) is 0 Å². The molecule has 6 heteroatoms. The van der Waals surface area contributed by atoms with E-state index in [1.807, 2.05) is 84.9 Å². The van der Waals surface area contributed by atoms with Crippen molar-refractivity contribution in [1.82, 2.24) is 4.57 Å². The number of rotatable bonds is 6. The maximum absolute atomic E-state index is 13.1. The number of hydrogen-bond donors (Lipinski definition) is 3. The molecule has 3 aromatic carbocycles. The number of aromatic nitrogens is 1. The van der Waals surface area contributed by atoms with Crippen LogP contribution < -0.4 is 16.4 Å². The van der Waals surface area contributed by atoms with Gasteiger partial charge >= 0.3 is 0 Å². The van der Waals surface area contributed by atoms with Crippen LogP contribution in [0.5, 0.6) is 0 Å². The summed E-state index contributed by atoms with van der Waals surface area (Å²) < 4.78 is 1.75. The van der Waals surface area contributed by atoms with E-state index in [2.05, 4.69) is 10.6 Å². The zero-order chi connectivity index (χ0) is 22.1. The Bertz CT molecular complexity index is 1280. The number of anilines is 2. The van der Waals surface area contributed by atoms with Crippen molar-refractivity contribution in [3.05, 3.63) is 96.2 Å². The van der Waals surface area contributed by atoms with Crippen molar-refractivity contribution in [2.45, 2.75) is 24.9 Å². The van der Waals surface area contributed by atoms with Gasteiger partial charge in [0.05, 0.1) is 0 Å². The normalized spacial score (nSPS) is 17.2. The molecule has 1 aromatic heterocycles. The first-order valence-corrected chi connectivity index (χ1v) is 10.7. The van der Waals surface area contributed by atoms with Gasteiger partial charge in [-0.2, -0.15) is 0 Å². The van der Waals surface area contributed by atoms with E-state index >= 15 is 0 Å². The van der Waals surface area contributed by atoms with Gasteiger partial charge in [-0.25, -0.2) is 0 Å². The predicted octanol–water partition coefficient (Wildman–Crippen LogP) is 4.35. The zero-order valence-electron chi connectivity index (χ0n) is 17.5. The summed E-state index contributed by atoms with van der Waals surface area (Å²) in [6.07, 6.45) is 1.01. The number of carbonyl (C=O) groups is 2. The molecule has 32 heavy (non-hydrogen) atoms. The monoisotopic (exact) mass is 424 g/mol. The fraction of sp³-hybridized carbons (Fsp3) is 0.154. The smallest absolute Gasteiger partial charge is 0.272 e. The minimum atomic E-state index is -0.260. The standard InChI is InChI=1S/C26H24N4O2/c27-22-15-21(22)17-10-12-20(13-11-17)29-26(32)24-14-18-6-4-5-9-23(18)30(24)16-25(31)28-19-7-2-1-3-8-19/h1-14,21-22H,15-16,27H2,(H,28,31)(H,29,32)/t21-,22+/m0/s1. The number of hydrogen-bond acceptors (Lipinski definition) is 3. The second-order valence-corrected chi connectivity index (χ2v) is 8.17. The molecule has 0 bridgehead atoms. The number of amides is 2. The van der Waals surface area contributed by atoms with Gasteiger partial charge in [0.15, 0.2) is 0 Å². The SMILES string of the molecule is N[C@@H]1C[C@H]1c1ccc(NC(=O)c2cc3ccccc3n2CC(=O)Nc2ccccc2)cc1. The first-order valence-electron chi connectivity index (χ1n) is 10.7. The molecular weight excluding hydrogens is 400 g/mol. The first-order chi connectivity index (χ1) is 15.6. The van der Waals surface area contributed by atoms with Gasteiger partial charge in [-0.3, -0.25) is 9.59 Å². The van der Waals surface area contributed by atoms with Crippen molar-refractivity contribution < 1.29 is 9.59 Å². The third kappa shape index (κ3) is 4.13. The van der Waals surface area contributed by atoms with E-state index in [-0.39, 0.29) is 24.4 Å². The molecule has 2 amide bonds. The van der Waals surface area contributed by atoms with E-state index in [9.17, 15) is 9.59 Å². The van der Waals surface area contributed by atoms with Crippen LogP contribution >= 0.6 is 0 Å². The summed E-state index contributed by atoms with van der Waals surface area (Å²) in [5.41, 5.74) is 9.82. The molecule has 160 valence electrons. The summed E-state index contributed by atoms with van der Waals surface area (Å²) in [6.45, 7) is 0.0314. The molecule has 4 N–H and O–H groups in total. The molecule has 0 aliphatic heterocycles. The Labute approximate surface area is 186 Å². The molecule has 1 fully saturated rings. The second-order valence-electron chi connectivity index (χ2n) is 8.17. The van der Waals surface area contributed by atoms with Crippen molar-refractivity contribution in [2.24, 2.45) is 5.73 Å². The summed E-state index contributed by atoms with van der Waals surface area (Å²) in [5.74, 6) is -0.0354. The average molecular weight is 425 g/mol. The van der Waals surface area contributed by atoms with Crippen LogP contribution in [0.3, 0.4) is 0 Å². The van der Waals surface area contributed by atoms with E-state index in [0.717, 1.165) is 23.0 Å². The average Bonchev–Trinajstić information content (AvgIpc) is 3.42. The lowest BCUT2D eigenvalue weighted by molar-refractivity contribution is -0.116. The van der Waals surface area contributed by atoms with Crippen LogP contribution in [0.15, 0.2) is 84.9 Å². The third-order valence-corrected chi connectivity index (χ3v) is 5.84. The minimum absolute atomic E-state index is 0.0314. The van der Waals surface area contributed by atoms with Crippen LogP contribution in [0.25, 0.3) is 10.9 Å². The molecule has 1 aliphatic carbocycles. The van der Waals surface area contributed by atoms with Gasteiger partial charge in [-0.1, -0.05) is 48.5 Å². The molecule has 0 spiro atoms. The van der Waals surface area contributed by atoms with Crippen LogP contribution in [-0.4, -0.2) is 22.4 Å². The van der Waals surface area contributed by atoms with E-state index in [0.29, 0.717) is 17.3 Å². The van der Waals surface area contributed by atoms with Gasteiger partial charge in [0.2, 0.25) is 5.91 Å². The number of carbonyl (C=O) groups excluding carboxylic acids is 2. The second kappa shape index (κ2) is 8.32. The molecule has 0 radical (unpaired) electrons. The summed E-state index contributed by atoms with van der Waals surface area (Å²) in [4.78, 5) is 25.9. The summed E-state index contributed by atoms with van der Waals surface area (Å²) in [5, 5.41) is 6.75. The van der Waals surface area contributed by atoms with Crippen LogP contribution in [-0.2, 0) is 11.3 Å². The summed E-state index contributed by atoms with van der Waals surface area (Å²) in [6, 6.07) is 26.8. The van der Waals surface area contributed by atoms with Gasteiger partial charge < -0.3 is 20.9 Å². The number of para-hydroxylation sites is 2. The van der Waals surface area contributed by atoms with Crippen molar-refractivity contribution in [1.29, 1.82) is 0 Å². The van der Waals surface area contributed by atoms with E-state index in [1.54, 1.807) is 4.57 Å². The Balaban J connectivity index is 1.38. The first kappa shape index (κ1) is 20.0. The van der Waals surface area contributed by atoms with Gasteiger partial charge in [-0.05, 0) is 48.4 Å². The number of benzene rings is 3. The fourth-order valence-electron chi connectivity index (χ4n) is 4.04. The van der Waals surface area contributed by atoms with Gasteiger partial charge in [0.1, 0.15) is 12.2 Å². The van der Waals surface area contributed by atoms with Gasteiger partial charge in [-0.15, -0.1) is 0 Å². The molecule has 0 unspecified atom stereocenters. The fourth-order valence-corrected chi connectivity index (χ4v) is 4.04. The Morgan fingerprint density at radius 1 is 0.875 bits per heavy atom. The highest BCUT2D eigenvalue weighted by Gasteiger charge is 2.34. The maximum Gasteiger partial charge on any atom is 0.272 e. The lowest BCUT2D eigenvalue weighted by atomic mass is 10.1. The largest absolute Gasteiger partial charge is 0.327 e. The number of fused-ring (bicyclic) bond motifs is 1. The Morgan fingerprint density at radius 2 is 1.53 bits per heavy atom. The molecule has 1 saturated carbocycles. The molecule has 1 heterocycles. The maximum atomic E-state index is 13.1. The number of nitrogens with one attached hydrogen (secondary N) is 2. The molecular formula is C26H24N4O2. The Morgan fingerprint density at radius 3 is 2.25 bits per heavy atom. The molecule has 2 atom stereocenters. The van der Waals surface area contributed by atoms with E-state index in [4.69, 9.17) is 5.73 Å². The molecule has 4 aromatic rings. The highest BCUT2D eigenvalue weighted by molar-refractivity contribution is 6.07. The van der Waals surface area contributed by atoms with Crippen LogP contribution in [0.4, 0.5) is 11.4 Å². The van der Waals surface area contributed by atoms with Crippen molar-refractivity contribution >= 4 is 34.1 Å². The summed E-state index contributed by atoms with van der Waals surface area (Å²) >= 11 is 0. The van der Waals surface area contributed by atoms with E-state index in [1.165, 1.54) is 5.56 Å². The quantitative estimate of drug-likeness (QED) is 0.430. The lowest BCUT2D eigenvalue weighted by Crippen LogP contribution is -2.23. The van der Waals surface area contributed by atoms with Crippen molar-refractivity contribution in [3.63, 3.8) is 0 Å². The zero-order valence-corrected chi connectivity index (χ0v) is 17.5. The molecule has 1 aliphatic rings. The predicted molar refractivity (Wildman–Crippen MR) is 127 cm³/mol. The highest BCUT2D eigenvalue weighted by atomic mass is 16.2. The molecule has 6 nitrogen and oxygen atoms in total. The number of nitrogens with two attached hydrogens (primary N) is 1. The Hall–Kier alpha value is -3.90. The number of nitrogens with zero attached hydrogens (tertiary/aromatic N) is 1. The van der Waals surface area contributed by atoms with Gasteiger partial charge in [0, 0.05) is 34.2 Å². The lowest BCUT2D eigenvalue weighted by Gasteiger charge is -2.12.